The lowest BCUT2D eigenvalue weighted by Gasteiger charge is -2.31. The van der Waals surface area contributed by atoms with Crippen molar-refractivity contribution in [1.82, 2.24) is 0 Å². The SMILES string of the molecule is Cc1c(C(=O)Oc2ccccc2)oc2c1C1(CCC2)SCCS1. The largest absolute Gasteiger partial charge is 0.453 e. The molecule has 5 heteroatoms. The van der Waals surface area contributed by atoms with E-state index in [0.717, 1.165) is 30.6 Å². The molecule has 2 heterocycles. The van der Waals surface area contributed by atoms with Crippen molar-refractivity contribution in [3.05, 3.63) is 53.0 Å². The van der Waals surface area contributed by atoms with Gasteiger partial charge in [-0.15, -0.1) is 23.5 Å². The molecule has 2 aliphatic rings. The number of thioether (sulfide) groups is 2. The second-order valence-electron chi connectivity index (χ2n) is 5.86. The van der Waals surface area contributed by atoms with Crippen molar-refractivity contribution >= 4 is 29.5 Å². The van der Waals surface area contributed by atoms with Gasteiger partial charge in [-0.25, -0.2) is 4.79 Å². The van der Waals surface area contributed by atoms with Gasteiger partial charge in [0.25, 0.3) is 0 Å². The van der Waals surface area contributed by atoms with Crippen molar-refractivity contribution in [2.75, 3.05) is 11.5 Å². The molecule has 0 amide bonds. The van der Waals surface area contributed by atoms with Crippen LogP contribution in [0.3, 0.4) is 0 Å². The fourth-order valence-electron chi connectivity index (χ4n) is 3.43. The molecule has 0 N–H and O–H groups in total. The maximum Gasteiger partial charge on any atom is 0.379 e. The van der Waals surface area contributed by atoms with Crippen molar-refractivity contribution in [2.24, 2.45) is 0 Å². The quantitative estimate of drug-likeness (QED) is 0.578. The van der Waals surface area contributed by atoms with E-state index in [-0.39, 0.29) is 4.08 Å². The first-order valence-corrected chi connectivity index (χ1v) is 9.85. The van der Waals surface area contributed by atoms with E-state index in [4.69, 9.17) is 9.15 Å². The zero-order chi connectivity index (χ0) is 15.9. The van der Waals surface area contributed by atoms with Crippen LogP contribution in [-0.2, 0) is 10.5 Å². The highest BCUT2D eigenvalue weighted by atomic mass is 32.2. The van der Waals surface area contributed by atoms with E-state index in [1.165, 1.54) is 17.1 Å². The van der Waals surface area contributed by atoms with Gasteiger partial charge in [-0.05, 0) is 31.9 Å². The Bertz CT molecular complexity index is 730. The second kappa shape index (κ2) is 5.95. The summed E-state index contributed by atoms with van der Waals surface area (Å²) in [4.78, 5) is 12.5. The van der Waals surface area contributed by atoms with Gasteiger partial charge in [0, 0.05) is 29.1 Å². The van der Waals surface area contributed by atoms with Gasteiger partial charge < -0.3 is 9.15 Å². The molecule has 0 bridgehead atoms. The van der Waals surface area contributed by atoms with Crippen LogP contribution in [0, 0.1) is 6.92 Å². The third-order valence-corrected chi connectivity index (χ3v) is 7.93. The molecule has 1 aliphatic carbocycles. The van der Waals surface area contributed by atoms with Gasteiger partial charge >= 0.3 is 5.97 Å². The molecule has 3 nitrogen and oxygen atoms in total. The second-order valence-corrected chi connectivity index (χ2v) is 8.91. The maximum absolute atomic E-state index is 12.5. The summed E-state index contributed by atoms with van der Waals surface area (Å²) in [5.41, 5.74) is 2.21. The van der Waals surface area contributed by atoms with Crippen LogP contribution in [-0.4, -0.2) is 17.5 Å². The van der Waals surface area contributed by atoms with E-state index in [2.05, 4.69) is 0 Å². The Labute approximate surface area is 144 Å². The average molecular weight is 346 g/mol. The standard InChI is InChI=1S/C18H18O3S2/c1-12-15-14(8-5-9-18(15)22-10-11-23-18)21-16(12)17(19)20-13-6-3-2-4-7-13/h2-4,6-7H,5,8-11H2,1H3. The van der Waals surface area contributed by atoms with E-state index in [1.807, 2.05) is 48.6 Å². The highest BCUT2D eigenvalue weighted by Gasteiger charge is 2.45. The van der Waals surface area contributed by atoms with Crippen LogP contribution in [0.25, 0.3) is 0 Å². The number of fused-ring (bicyclic) bond motifs is 2. The number of carbonyl (C=O) groups is 1. The summed E-state index contributed by atoms with van der Waals surface area (Å²) in [7, 11) is 0. The maximum atomic E-state index is 12.5. The number of furan rings is 1. The van der Waals surface area contributed by atoms with Crippen LogP contribution in [0.15, 0.2) is 34.7 Å². The van der Waals surface area contributed by atoms with Crippen molar-refractivity contribution in [2.45, 2.75) is 30.3 Å². The lowest BCUT2D eigenvalue weighted by atomic mass is 9.94. The predicted octanol–water partition coefficient (Wildman–Crippen LogP) is 4.78. The number of benzene rings is 1. The molecule has 0 atom stereocenters. The molecule has 1 fully saturated rings. The van der Waals surface area contributed by atoms with Crippen LogP contribution in [0.4, 0.5) is 0 Å². The van der Waals surface area contributed by atoms with Crippen LogP contribution >= 0.6 is 23.5 Å². The molecule has 120 valence electrons. The van der Waals surface area contributed by atoms with Gasteiger partial charge in [0.05, 0.1) is 4.08 Å². The van der Waals surface area contributed by atoms with Crippen LogP contribution in [0.5, 0.6) is 5.75 Å². The third-order valence-electron chi connectivity index (χ3n) is 4.40. The Kier molecular flexibility index (Phi) is 3.93. The average Bonchev–Trinajstić information content (AvgIpc) is 3.15. The molecule has 0 unspecified atom stereocenters. The highest BCUT2D eigenvalue weighted by molar-refractivity contribution is 8.20. The molecule has 2 aromatic rings. The molecule has 1 aromatic carbocycles. The summed E-state index contributed by atoms with van der Waals surface area (Å²) in [6.07, 6.45) is 3.19. The summed E-state index contributed by atoms with van der Waals surface area (Å²) >= 11 is 4.00. The summed E-state index contributed by atoms with van der Waals surface area (Å²) < 4.78 is 11.5. The molecule has 1 saturated heterocycles. The molecule has 23 heavy (non-hydrogen) atoms. The summed E-state index contributed by atoms with van der Waals surface area (Å²) in [6, 6.07) is 9.15. The molecule has 0 saturated carbocycles. The van der Waals surface area contributed by atoms with Crippen molar-refractivity contribution in [3.63, 3.8) is 0 Å². The van der Waals surface area contributed by atoms with Crippen LogP contribution in [0.2, 0.25) is 0 Å². The number of hydrogen-bond acceptors (Lipinski definition) is 5. The van der Waals surface area contributed by atoms with Crippen molar-refractivity contribution < 1.29 is 13.9 Å². The van der Waals surface area contributed by atoms with Crippen molar-refractivity contribution in [1.29, 1.82) is 0 Å². The molecule has 1 aliphatic heterocycles. The van der Waals surface area contributed by atoms with Crippen molar-refractivity contribution in [3.8, 4) is 5.75 Å². The predicted molar refractivity (Wildman–Crippen MR) is 94.4 cm³/mol. The number of aryl methyl sites for hydroxylation is 1. The summed E-state index contributed by atoms with van der Waals surface area (Å²) in [5, 5.41) is 0. The van der Waals surface area contributed by atoms with E-state index in [1.54, 1.807) is 12.1 Å². The first-order valence-electron chi connectivity index (χ1n) is 7.87. The lowest BCUT2D eigenvalue weighted by Crippen LogP contribution is -2.21. The number of ether oxygens (including phenoxy) is 1. The Morgan fingerprint density at radius 1 is 1.22 bits per heavy atom. The number of hydrogen-bond donors (Lipinski definition) is 0. The van der Waals surface area contributed by atoms with Gasteiger partial charge in [0.1, 0.15) is 11.5 Å². The number of carbonyl (C=O) groups excluding carboxylic acids is 1. The van der Waals surface area contributed by atoms with Gasteiger partial charge in [-0.3, -0.25) is 0 Å². The number of para-hydroxylation sites is 1. The summed E-state index contributed by atoms with van der Waals surface area (Å²) in [5.74, 6) is 3.83. The van der Waals surface area contributed by atoms with E-state index < -0.39 is 5.97 Å². The Hall–Kier alpha value is -1.33. The zero-order valence-electron chi connectivity index (χ0n) is 13.0. The Morgan fingerprint density at radius 2 is 1.96 bits per heavy atom. The molecule has 0 radical (unpaired) electrons. The monoisotopic (exact) mass is 346 g/mol. The molecule has 1 aromatic heterocycles. The zero-order valence-corrected chi connectivity index (χ0v) is 14.6. The minimum atomic E-state index is -0.397. The first-order chi connectivity index (χ1) is 11.2. The molecule has 4 rings (SSSR count). The Morgan fingerprint density at radius 3 is 2.70 bits per heavy atom. The van der Waals surface area contributed by atoms with E-state index in [0.29, 0.717) is 11.5 Å². The third kappa shape index (κ3) is 2.60. The minimum Gasteiger partial charge on any atom is -0.453 e. The van der Waals surface area contributed by atoms with E-state index in [9.17, 15) is 4.79 Å². The Balaban J connectivity index is 1.69. The van der Waals surface area contributed by atoms with Gasteiger partial charge in [0.2, 0.25) is 5.76 Å². The molecule has 1 spiro atoms. The molecular weight excluding hydrogens is 328 g/mol. The topological polar surface area (TPSA) is 39.4 Å². The number of esters is 1. The number of rotatable bonds is 2. The fourth-order valence-corrected chi connectivity index (χ4v) is 6.99. The highest BCUT2D eigenvalue weighted by Crippen LogP contribution is 2.59. The van der Waals surface area contributed by atoms with Gasteiger partial charge in [-0.2, -0.15) is 0 Å². The minimum absolute atomic E-state index is 0.0897. The fraction of sp³-hybridized carbons (Fsp3) is 0.389. The smallest absolute Gasteiger partial charge is 0.379 e. The first kappa shape index (κ1) is 15.2. The lowest BCUT2D eigenvalue weighted by molar-refractivity contribution is 0.0698. The van der Waals surface area contributed by atoms with Gasteiger partial charge in [-0.1, -0.05) is 18.2 Å². The molecular formula is C18H18O3S2. The van der Waals surface area contributed by atoms with Crippen LogP contribution < -0.4 is 4.74 Å². The van der Waals surface area contributed by atoms with Crippen LogP contribution in [0.1, 0.15) is 40.3 Å². The van der Waals surface area contributed by atoms with E-state index >= 15 is 0 Å². The summed E-state index contributed by atoms with van der Waals surface area (Å²) in [6.45, 7) is 2.00. The van der Waals surface area contributed by atoms with Gasteiger partial charge in [0.15, 0.2) is 0 Å². The normalized spacial score (nSPS) is 18.8.